The molecular formula is C28H32N4O4. The molecule has 0 unspecified atom stereocenters. The van der Waals surface area contributed by atoms with Crippen molar-refractivity contribution in [2.75, 3.05) is 39.2 Å². The molecule has 4 aromatic rings. The molecule has 0 aliphatic carbocycles. The first-order chi connectivity index (χ1) is 17.5. The van der Waals surface area contributed by atoms with Crippen LogP contribution in [0.4, 0.5) is 5.69 Å². The number of amides is 1. The van der Waals surface area contributed by atoms with E-state index < -0.39 is 0 Å². The molecule has 0 radical (unpaired) electrons. The maximum absolute atomic E-state index is 12.4. The van der Waals surface area contributed by atoms with Gasteiger partial charge in [0.1, 0.15) is 5.58 Å². The number of aromatic amines is 1. The van der Waals surface area contributed by atoms with Crippen molar-refractivity contribution >= 4 is 39.8 Å². The number of rotatable bonds is 10. The number of aldehydes is 1. The highest BCUT2D eigenvalue weighted by Gasteiger charge is 2.10. The Bertz CT molecular complexity index is 1350. The first-order valence-corrected chi connectivity index (χ1v) is 11.9. The Balaban J connectivity index is 0.000000840. The standard InChI is InChI=1S/C25H24N4O3.C3H8O/c1-29(9-3-2-4-18-14-27-23-7-5-17(13-26)10-22(18)23)15-25(31)28-20-6-8-24-19(11-20)12-21(16-30)32-24;1-3-4-2/h5-8,10-12,14,16,27H,2-4,9,15H2,1H3,(H,28,31);3H2,1-2H3. The van der Waals surface area contributed by atoms with Crippen LogP contribution >= 0.6 is 0 Å². The molecule has 0 aliphatic heterocycles. The summed E-state index contributed by atoms with van der Waals surface area (Å²) >= 11 is 0. The second-order valence-electron chi connectivity index (χ2n) is 8.53. The Labute approximate surface area is 210 Å². The number of fused-ring (bicyclic) bond motifs is 2. The Morgan fingerprint density at radius 3 is 2.75 bits per heavy atom. The minimum atomic E-state index is -0.0911. The minimum Gasteiger partial charge on any atom is -0.453 e. The van der Waals surface area contributed by atoms with Gasteiger partial charge in [0.2, 0.25) is 5.91 Å². The summed E-state index contributed by atoms with van der Waals surface area (Å²) in [5, 5.41) is 13.9. The van der Waals surface area contributed by atoms with E-state index in [4.69, 9.17) is 9.68 Å². The lowest BCUT2D eigenvalue weighted by Crippen LogP contribution is -2.30. The monoisotopic (exact) mass is 488 g/mol. The number of unbranched alkanes of at least 4 members (excludes halogenated alkanes) is 1. The first-order valence-electron chi connectivity index (χ1n) is 11.9. The van der Waals surface area contributed by atoms with Crippen LogP contribution in [0.5, 0.6) is 0 Å². The lowest BCUT2D eigenvalue weighted by molar-refractivity contribution is -0.117. The van der Waals surface area contributed by atoms with E-state index in [1.54, 1.807) is 31.4 Å². The number of hydrogen-bond acceptors (Lipinski definition) is 6. The third-order valence-electron chi connectivity index (χ3n) is 5.77. The number of likely N-dealkylation sites (N-methyl/N-ethyl adjacent to an activating group) is 1. The Morgan fingerprint density at radius 1 is 1.22 bits per heavy atom. The van der Waals surface area contributed by atoms with Crippen molar-refractivity contribution in [2.24, 2.45) is 0 Å². The second kappa shape index (κ2) is 13.2. The number of aromatic nitrogens is 1. The smallest absolute Gasteiger partial charge is 0.238 e. The summed E-state index contributed by atoms with van der Waals surface area (Å²) in [5.74, 6) is 0.174. The number of hydrogen-bond donors (Lipinski definition) is 2. The van der Waals surface area contributed by atoms with Crippen molar-refractivity contribution in [1.29, 1.82) is 5.26 Å². The van der Waals surface area contributed by atoms with Gasteiger partial charge in [-0.15, -0.1) is 0 Å². The van der Waals surface area contributed by atoms with Crippen molar-refractivity contribution in [2.45, 2.75) is 26.2 Å². The summed E-state index contributed by atoms with van der Waals surface area (Å²) in [6.45, 7) is 3.88. The van der Waals surface area contributed by atoms with Crippen LogP contribution in [0.2, 0.25) is 0 Å². The van der Waals surface area contributed by atoms with Crippen LogP contribution in [0.15, 0.2) is 53.1 Å². The summed E-state index contributed by atoms with van der Waals surface area (Å²) < 4.78 is 9.90. The average molecular weight is 489 g/mol. The number of ether oxygens (including phenoxy) is 1. The molecule has 2 aromatic carbocycles. The quantitative estimate of drug-likeness (QED) is 0.236. The van der Waals surface area contributed by atoms with Crippen LogP contribution in [0.3, 0.4) is 0 Å². The molecule has 2 N–H and O–H groups in total. The van der Waals surface area contributed by atoms with Crippen molar-refractivity contribution < 1.29 is 18.7 Å². The SMILES string of the molecule is CCOC.CN(CCCCc1c[nH]c2ccc(C#N)cc12)CC(=O)Nc1ccc2oc(C=O)cc2c1. The number of H-pyrrole nitrogens is 1. The minimum absolute atomic E-state index is 0.0911. The molecule has 2 aromatic heterocycles. The molecule has 0 saturated carbocycles. The molecule has 1 amide bonds. The predicted molar refractivity (Wildman–Crippen MR) is 141 cm³/mol. The number of carbonyl (C=O) groups is 2. The summed E-state index contributed by atoms with van der Waals surface area (Å²) in [6.07, 6.45) is 5.55. The Morgan fingerprint density at radius 2 is 2.03 bits per heavy atom. The fourth-order valence-corrected chi connectivity index (χ4v) is 3.88. The lowest BCUT2D eigenvalue weighted by atomic mass is 10.1. The molecule has 0 aliphatic rings. The maximum atomic E-state index is 12.4. The lowest BCUT2D eigenvalue weighted by Gasteiger charge is -2.16. The van der Waals surface area contributed by atoms with Gasteiger partial charge in [0.15, 0.2) is 12.0 Å². The summed E-state index contributed by atoms with van der Waals surface area (Å²) in [6, 6.07) is 14.8. The molecule has 36 heavy (non-hydrogen) atoms. The van der Waals surface area contributed by atoms with Crippen LogP contribution in [-0.2, 0) is 16.0 Å². The second-order valence-corrected chi connectivity index (χ2v) is 8.53. The first kappa shape index (κ1) is 26.7. The van der Waals surface area contributed by atoms with E-state index in [1.807, 2.05) is 43.3 Å². The van der Waals surface area contributed by atoms with E-state index in [0.29, 0.717) is 29.7 Å². The van der Waals surface area contributed by atoms with Crippen LogP contribution in [0.25, 0.3) is 21.9 Å². The number of nitrogens with one attached hydrogen (secondary N) is 2. The van der Waals surface area contributed by atoms with Gasteiger partial charge in [-0.05, 0) is 87.8 Å². The van der Waals surface area contributed by atoms with Gasteiger partial charge in [-0.3, -0.25) is 14.5 Å². The number of carbonyl (C=O) groups excluding carboxylic acids is 2. The third kappa shape index (κ3) is 7.28. The number of furan rings is 1. The zero-order valence-electron chi connectivity index (χ0n) is 21.0. The number of methoxy groups -OCH3 is 1. The number of aryl methyl sites for hydroxylation is 1. The molecule has 2 heterocycles. The zero-order chi connectivity index (χ0) is 25.9. The van der Waals surface area contributed by atoms with E-state index in [9.17, 15) is 9.59 Å². The van der Waals surface area contributed by atoms with Crippen molar-refractivity contribution in [3.05, 3.63) is 65.5 Å². The van der Waals surface area contributed by atoms with Crippen LogP contribution in [0, 0.1) is 11.3 Å². The Hall–Kier alpha value is -3.93. The normalized spacial score (nSPS) is 10.8. The highest BCUT2D eigenvalue weighted by Crippen LogP contribution is 2.23. The van der Waals surface area contributed by atoms with Crippen molar-refractivity contribution in [3.8, 4) is 6.07 Å². The summed E-state index contributed by atoms with van der Waals surface area (Å²) in [4.78, 5) is 28.5. The topological polar surface area (TPSA) is 111 Å². The highest BCUT2D eigenvalue weighted by atomic mass is 16.5. The molecule has 0 fully saturated rings. The van der Waals surface area contributed by atoms with Crippen LogP contribution in [0.1, 0.15) is 41.4 Å². The zero-order valence-corrected chi connectivity index (χ0v) is 21.0. The molecule has 188 valence electrons. The predicted octanol–water partition coefficient (Wildman–Crippen LogP) is 5.14. The molecule has 4 rings (SSSR count). The fourth-order valence-electron chi connectivity index (χ4n) is 3.88. The molecule has 0 spiro atoms. The van der Waals surface area contributed by atoms with E-state index in [0.717, 1.165) is 48.7 Å². The molecule has 0 saturated heterocycles. The van der Waals surface area contributed by atoms with E-state index in [2.05, 4.69) is 21.1 Å². The molecule has 8 heteroatoms. The number of benzene rings is 2. The van der Waals surface area contributed by atoms with Crippen molar-refractivity contribution in [3.63, 3.8) is 0 Å². The van der Waals surface area contributed by atoms with Crippen molar-refractivity contribution in [1.82, 2.24) is 9.88 Å². The maximum Gasteiger partial charge on any atom is 0.238 e. The van der Waals surface area contributed by atoms with E-state index in [-0.39, 0.29) is 11.7 Å². The van der Waals surface area contributed by atoms with E-state index >= 15 is 0 Å². The highest BCUT2D eigenvalue weighted by molar-refractivity contribution is 5.95. The molecule has 8 nitrogen and oxygen atoms in total. The van der Waals surface area contributed by atoms with Gasteiger partial charge in [0, 0.05) is 41.9 Å². The number of nitrogens with zero attached hydrogens (tertiary/aromatic N) is 2. The summed E-state index contributed by atoms with van der Waals surface area (Å²) in [5.41, 5.74) is 4.21. The largest absolute Gasteiger partial charge is 0.453 e. The van der Waals surface area contributed by atoms with Gasteiger partial charge in [0.25, 0.3) is 0 Å². The van der Waals surface area contributed by atoms with Gasteiger partial charge in [-0.1, -0.05) is 0 Å². The van der Waals surface area contributed by atoms with Gasteiger partial charge in [0.05, 0.1) is 18.2 Å². The number of nitriles is 1. The number of anilines is 1. The van der Waals surface area contributed by atoms with Gasteiger partial charge in [-0.2, -0.15) is 5.26 Å². The molecule has 0 atom stereocenters. The van der Waals surface area contributed by atoms with E-state index in [1.165, 1.54) is 5.56 Å². The Kier molecular flexibility index (Phi) is 9.81. The van der Waals surface area contributed by atoms with Gasteiger partial charge < -0.3 is 19.5 Å². The third-order valence-corrected chi connectivity index (χ3v) is 5.77. The summed E-state index contributed by atoms with van der Waals surface area (Å²) in [7, 11) is 3.61. The average Bonchev–Trinajstić information content (AvgIpc) is 3.49. The fraction of sp³-hybridized carbons (Fsp3) is 0.321. The van der Waals surface area contributed by atoms with Gasteiger partial charge in [-0.25, -0.2) is 0 Å². The van der Waals surface area contributed by atoms with Crippen LogP contribution in [-0.4, -0.2) is 55.9 Å². The van der Waals surface area contributed by atoms with Crippen LogP contribution < -0.4 is 5.32 Å². The molecule has 0 bridgehead atoms. The molecular weight excluding hydrogens is 456 g/mol. The van der Waals surface area contributed by atoms with Gasteiger partial charge >= 0.3 is 0 Å².